The van der Waals surface area contributed by atoms with Crippen molar-refractivity contribution in [3.05, 3.63) is 35.5 Å². The van der Waals surface area contributed by atoms with Crippen LogP contribution in [0.2, 0.25) is 0 Å². The molecule has 2 saturated heterocycles. The van der Waals surface area contributed by atoms with E-state index in [0.29, 0.717) is 17.2 Å². The van der Waals surface area contributed by atoms with E-state index in [1.807, 2.05) is 6.07 Å². The molecule has 4 heterocycles. The van der Waals surface area contributed by atoms with Crippen LogP contribution in [0.4, 0.5) is 0 Å². The van der Waals surface area contributed by atoms with Gasteiger partial charge in [-0.05, 0) is 37.0 Å². The standard InChI is InChI=1S/C24H30N4O4S/c1-14-12-28(20-16(29)13-32-21(14)20)24(31)19(15-6-3-2-4-7-15)27-23(30)18-9-8-17(33-18)22-25-10-5-11-26-22/h5,8-11,14-16,19-21,29H,2-4,6-7,12-13H2,1H3,(H,27,30)/t14-,16-,19-,20?,21?/m0/s1. The van der Waals surface area contributed by atoms with Crippen molar-refractivity contribution in [3.63, 3.8) is 0 Å². The van der Waals surface area contributed by atoms with E-state index in [1.54, 1.807) is 29.4 Å². The number of amides is 2. The van der Waals surface area contributed by atoms with Crippen LogP contribution in [-0.4, -0.2) is 69.2 Å². The smallest absolute Gasteiger partial charge is 0.262 e. The Hall–Kier alpha value is -2.36. The van der Waals surface area contributed by atoms with Gasteiger partial charge in [-0.3, -0.25) is 9.59 Å². The number of fused-ring (bicyclic) bond motifs is 1. The van der Waals surface area contributed by atoms with Crippen LogP contribution in [0.1, 0.15) is 48.7 Å². The highest BCUT2D eigenvalue weighted by Gasteiger charge is 2.52. The molecule has 8 nitrogen and oxygen atoms in total. The molecule has 0 bridgehead atoms. The minimum atomic E-state index is -0.683. The molecule has 0 radical (unpaired) electrons. The number of nitrogens with one attached hydrogen (secondary N) is 1. The van der Waals surface area contributed by atoms with Gasteiger partial charge in [-0.1, -0.05) is 26.2 Å². The Balaban J connectivity index is 1.36. The van der Waals surface area contributed by atoms with Gasteiger partial charge >= 0.3 is 0 Å². The van der Waals surface area contributed by atoms with Crippen molar-refractivity contribution >= 4 is 23.2 Å². The Bertz CT molecular complexity index is 993. The first-order chi connectivity index (χ1) is 16.0. The van der Waals surface area contributed by atoms with E-state index in [-0.39, 0.29) is 42.4 Å². The summed E-state index contributed by atoms with van der Waals surface area (Å²) in [4.78, 5) is 38.6. The predicted octanol–water partition coefficient (Wildman–Crippen LogP) is 2.49. The summed E-state index contributed by atoms with van der Waals surface area (Å²) in [6, 6.07) is 4.41. The number of hydrogen-bond acceptors (Lipinski definition) is 7. The molecule has 0 aromatic carbocycles. The van der Waals surface area contributed by atoms with Crippen LogP contribution in [0.25, 0.3) is 10.7 Å². The number of aromatic nitrogens is 2. The maximum Gasteiger partial charge on any atom is 0.262 e. The average molecular weight is 471 g/mol. The first-order valence-electron chi connectivity index (χ1n) is 11.8. The second-order valence-electron chi connectivity index (χ2n) is 9.41. The van der Waals surface area contributed by atoms with E-state index in [9.17, 15) is 14.7 Å². The van der Waals surface area contributed by atoms with E-state index in [1.165, 1.54) is 11.3 Å². The van der Waals surface area contributed by atoms with Gasteiger partial charge < -0.3 is 20.1 Å². The maximum atomic E-state index is 13.8. The lowest BCUT2D eigenvalue weighted by Crippen LogP contribution is -2.55. The van der Waals surface area contributed by atoms with Crippen molar-refractivity contribution in [2.75, 3.05) is 13.2 Å². The summed E-state index contributed by atoms with van der Waals surface area (Å²) in [5.74, 6) is 0.486. The van der Waals surface area contributed by atoms with Crippen molar-refractivity contribution in [3.8, 4) is 10.7 Å². The topological polar surface area (TPSA) is 105 Å². The Morgan fingerprint density at radius 1 is 1.21 bits per heavy atom. The molecule has 33 heavy (non-hydrogen) atoms. The van der Waals surface area contributed by atoms with Gasteiger partial charge in [0.25, 0.3) is 5.91 Å². The quantitative estimate of drug-likeness (QED) is 0.696. The lowest BCUT2D eigenvalue weighted by Gasteiger charge is -2.35. The van der Waals surface area contributed by atoms with E-state index >= 15 is 0 Å². The first-order valence-corrected chi connectivity index (χ1v) is 12.6. The molecule has 5 rings (SSSR count). The van der Waals surface area contributed by atoms with Crippen molar-refractivity contribution in [1.82, 2.24) is 20.2 Å². The largest absolute Gasteiger partial charge is 0.388 e. The van der Waals surface area contributed by atoms with Crippen LogP contribution in [0, 0.1) is 11.8 Å². The van der Waals surface area contributed by atoms with Crippen LogP contribution >= 0.6 is 11.3 Å². The molecule has 1 saturated carbocycles. The SMILES string of the molecule is C[C@H]1CN(C(=O)[C@@H](NC(=O)c2ccc(-c3ncccn3)s2)C2CCCCC2)C2C1OC[C@@H]2O. The molecular formula is C24H30N4O4S. The monoisotopic (exact) mass is 470 g/mol. The number of aliphatic hydroxyl groups is 1. The van der Waals surface area contributed by atoms with E-state index in [2.05, 4.69) is 22.2 Å². The van der Waals surface area contributed by atoms with Crippen molar-refractivity contribution < 1.29 is 19.4 Å². The molecule has 5 atom stereocenters. The Morgan fingerprint density at radius 2 is 1.97 bits per heavy atom. The van der Waals surface area contributed by atoms with Crippen LogP contribution in [0.3, 0.4) is 0 Å². The molecule has 1 aliphatic carbocycles. The minimum absolute atomic E-state index is 0.0951. The molecule has 9 heteroatoms. The second-order valence-corrected chi connectivity index (χ2v) is 10.5. The first kappa shape index (κ1) is 22.4. The van der Waals surface area contributed by atoms with Gasteiger partial charge in [-0.25, -0.2) is 9.97 Å². The molecule has 2 unspecified atom stereocenters. The summed E-state index contributed by atoms with van der Waals surface area (Å²) < 4.78 is 5.76. The third kappa shape index (κ3) is 4.41. The Labute approximate surface area is 197 Å². The number of rotatable bonds is 5. The van der Waals surface area contributed by atoms with Crippen molar-refractivity contribution in [1.29, 1.82) is 0 Å². The van der Waals surface area contributed by atoms with E-state index in [4.69, 9.17) is 4.74 Å². The highest BCUT2D eigenvalue weighted by molar-refractivity contribution is 7.17. The second kappa shape index (κ2) is 9.48. The van der Waals surface area contributed by atoms with Gasteiger partial charge in [0.2, 0.25) is 5.91 Å². The minimum Gasteiger partial charge on any atom is -0.388 e. The van der Waals surface area contributed by atoms with Crippen molar-refractivity contribution in [2.45, 2.75) is 63.3 Å². The third-order valence-electron chi connectivity index (χ3n) is 7.17. The normalized spacial score (nSPS) is 28.5. The lowest BCUT2D eigenvalue weighted by molar-refractivity contribution is -0.137. The van der Waals surface area contributed by atoms with Crippen LogP contribution in [-0.2, 0) is 9.53 Å². The summed E-state index contributed by atoms with van der Waals surface area (Å²) >= 11 is 1.32. The number of carbonyl (C=O) groups is 2. The van der Waals surface area contributed by atoms with Gasteiger partial charge in [-0.15, -0.1) is 11.3 Å². The van der Waals surface area contributed by atoms with E-state index in [0.717, 1.165) is 37.0 Å². The lowest BCUT2D eigenvalue weighted by atomic mass is 9.83. The highest BCUT2D eigenvalue weighted by atomic mass is 32.1. The maximum absolute atomic E-state index is 13.8. The molecule has 176 valence electrons. The molecule has 2 aromatic heterocycles. The summed E-state index contributed by atoms with van der Waals surface area (Å²) in [6.45, 7) is 2.85. The zero-order valence-corrected chi connectivity index (χ0v) is 19.5. The Kier molecular flexibility index (Phi) is 6.44. The zero-order chi connectivity index (χ0) is 22.9. The molecule has 2 amide bonds. The van der Waals surface area contributed by atoms with Gasteiger partial charge in [-0.2, -0.15) is 0 Å². The number of thiophene rings is 1. The van der Waals surface area contributed by atoms with Crippen molar-refractivity contribution in [2.24, 2.45) is 11.8 Å². The van der Waals surface area contributed by atoms with Crippen LogP contribution in [0.15, 0.2) is 30.6 Å². The molecule has 2 N–H and O–H groups in total. The fraction of sp³-hybridized carbons (Fsp3) is 0.583. The summed E-state index contributed by atoms with van der Waals surface area (Å²) in [7, 11) is 0. The fourth-order valence-electron chi connectivity index (χ4n) is 5.53. The number of nitrogens with zero attached hydrogens (tertiary/aromatic N) is 3. The van der Waals surface area contributed by atoms with E-state index < -0.39 is 12.1 Å². The summed E-state index contributed by atoms with van der Waals surface area (Å²) in [6.07, 6.45) is 7.64. The molecule has 0 spiro atoms. The number of aliphatic hydroxyl groups excluding tert-OH is 1. The third-order valence-corrected chi connectivity index (χ3v) is 8.25. The molecular weight excluding hydrogens is 440 g/mol. The fourth-order valence-corrected chi connectivity index (χ4v) is 6.39. The van der Waals surface area contributed by atoms with Gasteiger partial charge in [0.05, 0.1) is 28.5 Å². The Morgan fingerprint density at radius 3 is 2.73 bits per heavy atom. The van der Waals surface area contributed by atoms with Gasteiger partial charge in [0.15, 0.2) is 5.82 Å². The van der Waals surface area contributed by atoms with Crippen LogP contribution in [0.5, 0.6) is 0 Å². The summed E-state index contributed by atoms with van der Waals surface area (Å²) in [5, 5.41) is 13.6. The highest BCUT2D eigenvalue weighted by Crippen LogP contribution is 2.36. The molecule has 3 fully saturated rings. The van der Waals surface area contributed by atoms with Gasteiger partial charge in [0.1, 0.15) is 12.1 Å². The molecule has 2 aliphatic heterocycles. The number of likely N-dealkylation sites (tertiary alicyclic amines) is 1. The molecule has 2 aromatic rings. The van der Waals surface area contributed by atoms with Crippen LogP contribution < -0.4 is 5.32 Å². The summed E-state index contributed by atoms with van der Waals surface area (Å²) in [5.41, 5.74) is 0. The van der Waals surface area contributed by atoms with Gasteiger partial charge in [0, 0.05) is 24.9 Å². The average Bonchev–Trinajstić information content (AvgIpc) is 3.56. The molecule has 3 aliphatic rings. The zero-order valence-electron chi connectivity index (χ0n) is 18.7. The number of carbonyl (C=O) groups excluding carboxylic acids is 2. The number of hydrogen-bond donors (Lipinski definition) is 2. The predicted molar refractivity (Wildman–Crippen MR) is 124 cm³/mol. The number of ether oxygens (including phenoxy) is 1.